The Kier molecular flexibility index (Phi) is 4.53. The van der Waals surface area contributed by atoms with Crippen molar-refractivity contribution >= 4 is 17.5 Å². The van der Waals surface area contributed by atoms with Gasteiger partial charge in [0.1, 0.15) is 5.75 Å². The zero-order chi connectivity index (χ0) is 16.3. The molecule has 0 saturated heterocycles. The minimum absolute atomic E-state index is 0.0332. The molecule has 0 aromatic heterocycles. The van der Waals surface area contributed by atoms with Crippen LogP contribution in [0.3, 0.4) is 0 Å². The highest BCUT2D eigenvalue weighted by Crippen LogP contribution is 2.37. The highest BCUT2D eigenvalue weighted by Gasteiger charge is 2.39. The first kappa shape index (κ1) is 15.8. The molecule has 5 nitrogen and oxygen atoms in total. The highest BCUT2D eigenvalue weighted by molar-refractivity contribution is 6.30. The van der Waals surface area contributed by atoms with Gasteiger partial charge in [0.2, 0.25) is 5.91 Å². The summed E-state index contributed by atoms with van der Waals surface area (Å²) in [6.45, 7) is 1.07. The second-order valence-corrected chi connectivity index (χ2v) is 6.25. The Bertz CT molecular complexity index is 688. The van der Waals surface area contributed by atoms with Crippen LogP contribution in [0, 0.1) is 12.3 Å². The van der Waals surface area contributed by atoms with E-state index in [4.69, 9.17) is 22.8 Å². The van der Waals surface area contributed by atoms with Crippen LogP contribution in [0.4, 0.5) is 0 Å². The van der Waals surface area contributed by atoms with Crippen molar-refractivity contribution in [3.05, 3.63) is 28.3 Å². The molecule has 2 aliphatic heterocycles. The summed E-state index contributed by atoms with van der Waals surface area (Å²) in [5.41, 5.74) is 1.61. The Morgan fingerprint density at radius 1 is 1.43 bits per heavy atom. The second kappa shape index (κ2) is 6.59. The quantitative estimate of drug-likeness (QED) is 0.779. The first-order valence-electron chi connectivity index (χ1n) is 7.70. The van der Waals surface area contributed by atoms with Crippen LogP contribution < -0.4 is 10.1 Å². The van der Waals surface area contributed by atoms with Crippen LogP contribution in [0.1, 0.15) is 36.8 Å². The minimum atomic E-state index is -0.413. The predicted molar refractivity (Wildman–Crippen MR) is 87.4 cm³/mol. The largest absolute Gasteiger partial charge is 0.493 e. The molecule has 120 valence electrons. The third-order valence-corrected chi connectivity index (χ3v) is 4.32. The Labute approximate surface area is 140 Å². The molecule has 0 fully saturated rings. The lowest BCUT2D eigenvalue weighted by atomic mass is 10.0. The van der Waals surface area contributed by atoms with Gasteiger partial charge in [0.15, 0.2) is 5.66 Å². The van der Waals surface area contributed by atoms with Crippen molar-refractivity contribution in [1.29, 1.82) is 0 Å². The summed E-state index contributed by atoms with van der Waals surface area (Å²) in [6.07, 6.45) is 8.43. The van der Waals surface area contributed by atoms with Crippen molar-refractivity contribution in [3.63, 3.8) is 0 Å². The van der Waals surface area contributed by atoms with Crippen molar-refractivity contribution in [3.8, 4) is 18.1 Å². The third-order valence-electron chi connectivity index (χ3n) is 4.11. The van der Waals surface area contributed by atoms with Gasteiger partial charge in [-0.1, -0.05) is 11.6 Å². The number of ether oxygens (including phenoxy) is 1. The molecule has 23 heavy (non-hydrogen) atoms. The van der Waals surface area contributed by atoms with Gasteiger partial charge in [-0.3, -0.25) is 4.79 Å². The molecule has 0 spiro atoms. The van der Waals surface area contributed by atoms with Crippen LogP contribution in [0.15, 0.2) is 22.4 Å². The van der Waals surface area contributed by atoms with Gasteiger partial charge in [-0.25, -0.2) is 0 Å². The lowest BCUT2D eigenvalue weighted by Gasteiger charge is -2.11. The Balaban J connectivity index is 1.50. The summed E-state index contributed by atoms with van der Waals surface area (Å²) >= 11 is 6.11. The van der Waals surface area contributed by atoms with E-state index < -0.39 is 5.66 Å². The van der Waals surface area contributed by atoms with Gasteiger partial charge in [-0.15, -0.1) is 12.3 Å². The lowest BCUT2D eigenvalue weighted by Crippen LogP contribution is -2.25. The molecule has 3 rings (SSSR count). The summed E-state index contributed by atoms with van der Waals surface area (Å²) in [5, 5.41) is 11.6. The third kappa shape index (κ3) is 3.83. The molecule has 2 heterocycles. The van der Waals surface area contributed by atoms with Gasteiger partial charge in [0.05, 0.1) is 6.61 Å². The topological polar surface area (TPSA) is 63.0 Å². The first-order valence-corrected chi connectivity index (χ1v) is 8.08. The molecule has 1 N–H and O–H groups in total. The van der Waals surface area contributed by atoms with E-state index in [1.807, 2.05) is 12.1 Å². The zero-order valence-corrected chi connectivity index (χ0v) is 13.5. The number of hydrogen-bond acceptors (Lipinski definition) is 4. The Hall–Kier alpha value is -2.06. The molecule has 0 saturated carbocycles. The number of hydrogen-bond donors (Lipinski definition) is 1. The van der Waals surface area contributed by atoms with Gasteiger partial charge < -0.3 is 10.1 Å². The number of carbonyl (C=O) groups is 1. The van der Waals surface area contributed by atoms with E-state index in [-0.39, 0.29) is 5.91 Å². The molecule has 0 unspecified atom stereocenters. The molecular formula is C17H18ClN3O2. The summed E-state index contributed by atoms with van der Waals surface area (Å²) in [7, 11) is 0. The van der Waals surface area contributed by atoms with Crippen molar-refractivity contribution in [2.24, 2.45) is 10.2 Å². The van der Waals surface area contributed by atoms with Crippen molar-refractivity contribution < 1.29 is 9.53 Å². The minimum Gasteiger partial charge on any atom is -0.493 e. The van der Waals surface area contributed by atoms with Crippen LogP contribution >= 0.6 is 11.6 Å². The number of nitrogens with zero attached hydrogens (tertiary/aromatic N) is 2. The molecule has 1 amide bonds. The van der Waals surface area contributed by atoms with Crippen LogP contribution in [-0.4, -0.2) is 18.2 Å². The molecule has 0 radical (unpaired) electrons. The molecule has 6 heteroatoms. The van der Waals surface area contributed by atoms with Crippen molar-refractivity contribution in [2.75, 3.05) is 6.61 Å². The maximum Gasteiger partial charge on any atom is 0.220 e. The molecule has 0 bridgehead atoms. The summed E-state index contributed by atoms with van der Waals surface area (Å²) in [5.74, 6) is 3.40. The SMILES string of the molecule is C#CCCC1(CCC(=O)NCc2cc(Cl)cc3c2OCC3)N=N1. The van der Waals surface area contributed by atoms with Gasteiger partial charge >= 0.3 is 0 Å². The second-order valence-electron chi connectivity index (χ2n) is 5.81. The Morgan fingerprint density at radius 3 is 3.00 bits per heavy atom. The molecular weight excluding hydrogens is 314 g/mol. The maximum atomic E-state index is 12.0. The molecule has 0 aliphatic carbocycles. The van der Waals surface area contributed by atoms with E-state index in [2.05, 4.69) is 21.5 Å². The van der Waals surface area contributed by atoms with E-state index >= 15 is 0 Å². The van der Waals surface area contributed by atoms with Gasteiger partial charge in [-0.05, 0) is 17.7 Å². The fourth-order valence-electron chi connectivity index (χ4n) is 2.74. The van der Waals surface area contributed by atoms with Crippen LogP contribution in [-0.2, 0) is 17.8 Å². The Morgan fingerprint density at radius 2 is 2.26 bits per heavy atom. The van der Waals surface area contributed by atoms with Gasteiger partial charge in [0.25, 0.3) is 0 Å². The number of fused-ring (bicyclic) bond motifs is 1. The van der Waals surface area contributed by atoms with Gasteiger partial charge in [0, 0.05) is 49.2 Å². The maximum absolute atomic E-state index is 12.0. The first-order chi connectivity index (χ1) is 11.1. The van der Waals surface area contributed by atoms with Crippen LogP contribution in [0.5, 0.6) is 5.75 Å². The number of terminal acetylenes is 1. The smallest absolute Gasteiger partial charge is 0.220 e. The molecule has 0 atom stereocenters. The number of carbonyl (C=O) groups excluding carboxylic acids is 1. The average molecular weight is 332 g/mol. The fourth-order valence-corrected chi connectivity index (χ4v) is 3.00. The monoisotopic (exact) mass is 331 g/mol. The van der Waals surface area contributed by atoms with E-state index in [9.17, 15) is 4.79 Å². The zero-order valence-electron chi connectivity index (χ0n) is 12.8. The van der Waals surface area contributed by atoms with Gasteiger partial charge in [-0.2, -0.15) is 10.2 Å². The van der Waals surface area contributed by atoms with Crippen LogP contribution in [0.2, 0.25) is 5.02 Å². The normalized spacial score (nSPS) is 16.3. The van der Waals surface area contributed by atoms with E-state index in [0.29, 0.717) is 43.9 Å². The number of amides is 1. The molecule has 1 aromatic carbocycles. The fraction of sp³-hybridized carbons (Fsp3) is 0.471. The average Bonchev–Trinajstić information content (AvgIpc) is 3.16. The molecule has 2 aliphatic rings. The summed E-state index contributed by atoms with van der Waals surface area (Å²) in [4.78, 5) is 12.0. The van der Waals surface area contributed by atoms with E-state index in [1.54, 1.807) is 0 Å². The number of nitrogens with one attached hydrogen (secondary N) is 1. The summed E-state index contributed by atoms with van der Waals surface area (Å²) < 4.78 is 5.63. The highest BCUT2D eigenvalue weighted by atomic mass is 35.5. The van der Waals surface area contributed by atoms with Crippen molar-refractivity contribution in [1.82, 2.24) is 5.32 Å². The van der Waals surface area contributed by atoms with E-state index in [0.717, 1.165) is 23.3 Å². The molecule has 1 aromatic rings. The lowest BCUT2D eigenvalue weighted by molar-refractivity contribution is -0.121. The van der Waals surface area contributed by atoms with Crippen LogP contribution in [0.25, 0.3) is 0 Å². The predicted octanol–water partition coefficient (Wildman–Crippen LogP) is 3.25. The number of halogens is 1. The number of rotatable bonds is 7. The standard InChI is InChI=1S/C17H18ClN3O2/c1-2-3-6-17(20-21-17)7-4-15(22)19-11-13-10-14(18)9-12-5-8-23-16(12)13/h1,9-10H,3-8,11H2,(H,19,22). The van der Waals surface area contributed by atoms with Crippen molar-refractivity contribution in [2.45, 2.75) is 44.3 Å². The summed E-state index contributed by atoms with van der Waals surface area (Å²) in [6, 6.07) is 3.76. The number of benzene rings is 1. The van der Waals surface area contributed by atoms with E-state index in [1.165, 1.54) is 0 Å².